The fourth-order valence-electron chi connectivity index (χ4n) is 2.84. The molecule has 0 fully saturated rings. The number of thiocarbonyl (C=S) groups is 1. The van der Waals surface area contributed by atoms with E-state index in [9.17, 15) is 4.79 Å². The summed E-state index contributed by atoms with van der Waals surface area (Å²) < 4.78 is 16.8. The molecule has 0 saturated carbocycles. The van der Waals surface area contributed by atoms with E-state index < -0.39 is 6.04 Å². The molecule has 27 heavy (non-hydrogen) atoms. The standard InChI is InChI=1S/C20H28N2O4S/c1-5-8-11-26-15-10-9-14(12-16(15)24-6-2)18-17(19(23)25-7-3)13(4)21-20(27)22-18/h9-10,12,18H,5-8,11H2,1-4H3,(H2,21,22,27)/t18-/m1/s1. The average Bonchev–Trinajstić information content (AvgIpc) is 2.62. The Morgan fingerprint density at radius 2 is 1.93 bits per heavy atom. The van der Waals surface area contributed by atoms with Gasteiger partial charge in [0.25, 0.3) is 0 Å². The Morgan fingerprint density at radius 1 is 1.15 bits per heavy atom. The van der Waals surface area contributed by atoms with Gasteiger partial charge >= 0.3 is 5.97 Å². The molecule has 0 aromatic heterocycles. The highest BCUT2D eigenvalue weighted by atomic mass is 32.1. The van der Waals surface area contributed by atoms with E-state index in [0.717, 1.165) is 18.4 Å². The predicted molar refractivity (Wildman–Crippen MR) is 109 cm³/mol. The number of ether oxygens (including phenoxy) is 3. The van der Waals surface area contributed by atoms with Crippen molar-refractivity contribution in [3.05, 3.63) is 35.0 Å². The third-order valence-corrected chi connectivity index (χ3v) is 4.34. The highest BCUT2D eigenvalue weighted by molar-refractivity contribution is 7.80. The van der Waals surface area contributed by atoms with Crippen molar-refractivity contribution in [2.75, 3.05) is 19.8 Å². The summed E-state index contributed by atoms with van der Waals surface area (Å²) in [7, 11) is 0. The minimum atomic E-state index is -0.415. The first-order valence-corrected chi connectivity index (χ1v) is 9.77. The van der Waals surface area contributed by atoms with Gasteiger partial charge < -0.3 is 24.8 Å². The normalized spacial score (nSPS) is 16.4. The Morgan fingerprint density at radius 3 is 2.59 bits per heavy atom. The lowest BCUT2D eigenvalue weighted by atomic mass is 9.95. The van der Waals surface area contributed by atoms with Crippen molar-refractivity contribution in [3.8, 4) is 11.5 Å². The maximum atomic E-state index is 12.5. The quantitative estimate of drug-likeness (QED) is 0.378. The van der Waals surface area contributed by atoms with Crippen molar-refractivity contribution in [3.63, 3.8) is 0 Å². The van der Waals surface area contributed by atoms with Crippen molar-refractivity contribution < 1.29 is 19.0 Å². The zero-order valence-corrected chi connectivity index (χ0v) is 17.2. The topological polar surface area (TPSA) is 68.8 Å². The number of carbonyl (C=O) groups is 1. The highest BCUT2D eigenvalue weighted by Crippen LogP contribution is 2.35. The van der Waals surface area contributed by atoms with Gasteiger partial charge in [0, 0.05) is 5.70 Å². The van der Waals surface area contributed by atoms with Crippen LogP contribution in [0.25, 0.3) is 0 Å². The number of hydrogen-bond acceptors (Lipinski definition) is 5. The number of carbonyl (C=O) groups excluding carboxylic acids is 1. The number of rotatable bonds is 9. The van der Waals surface area contributed by atoms with Crippen LogP contribution in [0.4, 0.5) is 0 Å². The van der Waals surface area contributed by atoms with Crippen molar-refractivity contribution in [2.24, 2.45) is 0 Å². The van der Waals surface area contributed by atoms with Gasteiger partial charge in [0.05, 0.1) is 31.4 Å². The highest BCUT2D eigenvalue weighted by Gasteiger charge is 2.31. The van der Waals surface area contributed by atoms with Crippen LogP contribution >= 0.6 is 12.2 Å². The maximum Gasteiger partial charge on any atom is 0.338 e. The molecule has 0 aliphatic carbocycles. The molecule has 0 spiro atoms. The van der Waals surface area contributed by atoms with E-state index in [1.54, 1.807) is 6.92 Å². The van der Waals surface area contributed by atoms with Crippen molar-refractivity contribution in [1.82, 2.24) is 10.6 Å². The molecule has 1 heterocycles. The smallest absolute Gasteiger partial charge is 0.338 e. The molecule has 1 aliphatic heterocycles. The van der Waals surface area contributed by atoms with Crippen LogP contribution in [0.3, 0.4) is 0 Å². The summed E-state index contributed by atoms with van der Waals surface area (Å²) in [5.74, 6) is 0.978. The summed E-state index contributed by atoms with van der Waals surface area (Å²) in [6.07, 6.45) is 2.04. The Hall–Kier alpha value is -2.28. The van der Waals surface area contributed by atoms with Gasteiger partial charge in [-0.3, -0.25) is 0 Å². The predicted octanol–water partition coefficient (Wildman–Crippen LogP) is 3.62. The molecule has 1 aliphatic rings. The molecule has 148 valence electrons. The van der Waals surface area contributed by atoms with Crippen LogP contribution in [0.2, 0.25) is 0 Å². The van der Waals surface area contributed by atoms with Crippen LogP contribution in [0.5, 0.6) is 11.5 Å². The molecule has 2 rings (SSSR count). The lowest BCUT2D eigenvalue weighted by molar-refractivity contribution is -0.139. The van der Waals surface area contributed by atoms with Crippen LogP contribution in [-0.4, -0.2) is 30.9 Å². The molecule has 1 aromatic carbocycles. The minimum Gasteiger partial charge on any atom is -0.490 e. The molecule has 7 heteroatoms. The molecule has 0 unspecified atom stereocenters. The van der Waals surface area contributed by atoms with Gasteiger partial charge in [-0.15, -0.1) is 0 Å². The Bertz CT molecular complexity index is 718. The summed E-state index contributed by atoms with van der Waals surface area (Å²) >= 11 is 5.28. The first-order chi connectivity index (χ1) is 13.0. The third kappa shape index (κ3) is 5.35. The van der Waals surface area contributed by atoms with E-state index in [0.29, 0.717) is 47.7 Å². The first kappa shape index (κ1) is 21.0. The zero-order valence-electron chi connectivity index (χ0n) is 16.4. The fourth-order valence-corrected chi connectivity index (χ4v) is 3.11. The summed E-state index contributed by atoms with van der Waals surface area (Å²) in [5.41, 5.74) is 2.04. The van der Waals surface area contributed by atoms with Crippen LogP contribution in [-0.2, 0) is 9.53 Å². The largest absolute Gasteiger partial charge is 0.490 e. The number of benzene rings is 1. The van der Waals surface area contributed by atoms with Crippen molar-refractivity contribution >= 4 is 23.3 Å². The van der Waals surface area contributed by atoms with E-state index in [1.807, 2.05) is 32.0 Å². The molecule has 0 bridgehead atoms. The maximum absolute atomic E-state index is 12.5. The first-order valence-electron chi connectivity index (χ1n) is 9.36. The number of nitrogens with one attached hydrogen (secondary N) is 2. The van der Waals surface area contributed by atoms with Crippen LogP contribution in [0.1, 0.15) is 52.1 Å². The molecule has 1 atom stereocenters. The van der Waals surface area contributed by atoms with Crippen molar-refractivity contribution in [1.29, 1.82) is 0 Å². The number of esters is 1. The van der Waals surface area contributed by atoms with Gasteiger partial charge in [-0.25, -0.2) is 4.79 Å². The fraction of sp³-hybridized carbons (Fsp3) is 0.500. The van der Waals surface area contributed by atoms with Crippen molar-refractivity contribution in [2.45, 2.75) is 46.6 Å². The van der Waals surface area contributed by atoms with Crippen LogP contribution in [0, 0.1) is 0 Å². The second-order valence-corrected chi connectivity index (χ2v) is 6.54. The van der Waals surface area contributed by atoms with E-state index in [-0.39, 0.29) is 5.97 Å². The van der Waals surface area contributed by atoms with E-state index in [4.69, 9.17) is 26.4 Å². The number of unbranched alkanes of at least 4 members (excludes halogenated alkanes) is 1. The minimum absolute atomic E-state index is 0.307. The summed E-state index contributed by atoms with van der Waals surface area (Å²) in [6, 6.07) is 5.27. The van der Waals surface area contributed by atoms with Gasteiger partial charge in [-0.05, 0) is 57.1 Å². The Labute approximate surface area is 166 Å². The number of hydrogen-bond donors (Lipinski definition) is 2. The monoisotopic (exact) mass is 392 g/mol. The van der Waals surface area contributed by atoms with E-state index in [2.05, 4.69) is 17.6 Å². The second kappa shape index (κ2) is 10.2. The van der Waals surface area contributed by atoms with Gasteiger partial charge in [0.2, 0.25) is 0 Å². The zero-order chi connectivity index (χ0) is 19.8. The van der Waals surface area contributed by atoms with Gasteiger partial charge in [-0.1, -0.05) is 19.4 Å². The summed E-state index contributed by atoms with van der Waals surface area (Å²) in [4.78, 5) is 12.5. The molecule has 6 nitrogen and oxygen atoms in total. The Balaban J connectivity index is 2.38. The summed E-state index contributed by atoms with van der Waals surface area (Å²) in [6.45, 7) is 9.11. The van der Waals surface area contributed by atoms with Gasteiger partial charge in [-0.2, -0.15) is 0 Å². The van der Waals surface area contributed by atoms with E-state index in [1.165, 1.54) is 0 Å². The molecular formula is C20H28N2O4S. The molecular weight excluding hydrogens is 364 g/mol. The van der Waals surface area contributed by atoms with Crippen LogP contribution < -0.4 is 20.1 Å². The second-order valence-electron chi connectivity index (χ2n) is 6.13. The summed E-state index contributed by atoms with van der Waals surface area (Å²) in [5, 5.41) is 6.62. The average molecular weight is 393 g/mol. The van der Waals surface area contributed by atoms with Gasteiger partial charge in [0.15, 0.2) is 16.6 Å². The molecule has 2 N–H and O–H groups in total. The molecule has 0 amide bonds. The third-order valence-electron chi connectivity index (χ3n) is 4.12. The SMILES string of the molecule is CCCCOc1ccc([C@H]2NC(=S)NC(C)=C2C(=O)OCC)cc1OCC. The van der Waals surface area contributed by atoms with Gasteiger partial charge in [0.1, 0.15) is 0 Å². The molecule has 0 saturated heterocycles. The number of allylic oxidation sites excluding steroid dienone is 1. The lowest BCUT2D eigenvalue weighted by Gasteiger charge is -2.30. The van der Waals surface area contributed by atoms with Crippen LogP contribution in [0.15, 0.2) is 29.5 Å². The molecule has 1 aromatic rings. The molecule has 0 radical (unpaired) electrons. The lowest BCUT2D eigenvalue weighted by Crippen LogP contribution is -2.45. The Kier molecular flexibility index (Phi) is 7.91. The van der Waals surface area contributed by atoms with E-state index >= 15 is 0 Å².